The predicted molar refractivity (Wildman–Crippen MR) is 128 cm³/mol. The van der Waals surface area contributed by atoms with E-state index in [2.05, 4.69) is 15.6 Å². The summed E-state index contributed by atoms with van der Waals surface area (Å²) in [5.41, 5.74) is 1.25. The van der Waals surface area contributed by atoms with Crippen molar-refractivity contribution in [3.05, 3.63) is 59.7 Å². The van der Waals surface area contributed by atoms with Crippen molar-refractivity contribution >= 4 is 44.7 Å². The SMILES string of the molecule is CCOC(=O)c1ccc2nc(NC(=O)C(Cc3ccccc3)NC(=O)OC(C)(C)C)sc2c1. The van der Waals surface area contributed by atoms with E-state index in [9.17, 15) is 14.4 Å². The van der Waals surface area contributed by atoms with Gasteiger partial charge in [0.05, 0.1) is 22.4 Å². The number of hydrogen-bond donors (Lipinski definition) is 2. The lowest BCUT2D eigenvalue weighted by Crippen LogP contribution is -2.47. The van der Waals surface area contributed by atoms with Crippen molar-refractivity contribution in [1.29, 1.82) is 0 Å². The second kappa shape index (κ2) is 10.4. The number of amides is 2. The van der Waals surface area contributed by atoms with Gasteiger partial charge < -0.3 is 20.1 Å². The molecule has 2 amide bonds. The highest BCUT2D eigenvalue weighted by atomic mass is 32.1. The monoisotopic (exact) mass is 469 g/mol. The summed E-state index contributed by atoms with van der Waals surface area (Å²) in [6.07, 6.45) is -0.397. The summed E-state index contributed by atoms with van der Waals surface area (Å²) in [7, 11) is 0. The van der Waals surface area contributed by atoms with E-state index in [1.165, 1.54) is 11.3 Å². The third-order valence-corrected chi connectivity index (χ3v) is 5.35. The van der Waals surface area contributed by atoms with Crippen molar-refractivity contribution in [3.63, 3.8) is 0 Å². The van der Waals surface area contributed by atoms with E-state index in [0.29, 0.717) is 16.2 Å². The summed E-state index contributed by atoms with van der Waals surface area (Å²) >= 11 is 1.23. The number of rotatable bonds is 7. The largest absolute Gasteiger partial charge is 0.462 e. The zero-order valence-corrected chi connectivity index (χ0v) is 19.8. The zero-order chi connectivity index (χ0) is 24.0. The number of carbonyl (C=O) groups excluding carboxylic acids is 3. The Morgan fingerprint density at radius 3 is 2.48 bits per heavy atom. The van der Waals surface area contributed by atoms with Gasteiger partial charge >= 0.3 is 12.1 Å². The molecule has 1 unspecified atom stereocenters. The van der Waals surface area contributed by atoms with Crippen molar-refractivity contribution in [2.75, 3.05) is 11.9 Å². The number of aromatic nitrogens is 1. The van der Waals surface area contributed by atoms with Crippen LogP contribution in [0.2, 0.25) is 0 Å². The summed E-state index contributed by atoms with van der Waals surface area (Å²) < 4.78 is 11.1. The molecule has 9 heteroatoms. The number of thiazole rings is 1. The van der Waals surface area contributed by atoms with Gasteiger partial charge in [-0.05, 0) is 51.5 Å². The molecule has 8 nitrogen and oxygen atoms in total. The van der Waals surface area contributed by atoms with Crippen LogP contribution in [0, 0.1) is 0 Å². The first-order valence-electron chi connectivity index (χ1n) is 10.6. The van der Waals surface area contributed by atoms with Crippen LogP contribution in [-0.4, -0.2) is 41.2 Å². The number of esters is 1. The molecule has 1 heterocycles. The topological polar surface area (TPSA) is 107 Å². The molecule has 0 aliphatic heterocycles. The molecule has 0 bridgehead atoms. The maximum Gasteiger partial charge on any atom is 0.408 e. The maximum atomic E-state index is 13.1. The van der Waals surface area contributed by atoms with Gasteiger partial charge in [-0.15, -0.1) is 0 Å². The van der Waals surface area contributed by atoms with E-state index in [0.717, 1.165) is 10.3 Å². The van der Waals surface area contributed by atoms with E-state index in [1.54, 1.807) is 45.9 Å². The minimum atomic E-state index is -0.871. The van der Waals surface area contributed by atoms with Crippen LogP contribution in [0.25, 0.3) is 10.2 Å². The number of nitrogens with one attached hydrogen (secondary N) is 2. The molecule has 174 valence electrons. The fourth-order valence-corrected chi connectivity index (χ4v) is 3.93. The molecule has 0 saturated heterocycles. The molecule has 33 heavy (non-hydrogen) atoms. The van der Waals surface area contributed by atoms with Gasteiger partial charge in [0.2, 0.25) is 5.91 Å². The molecule has 0 aliphatic rings. The van der Waals surface area contributed by atoms with E-state index in [1.807, 2.05) is 30.3 Å². The number of nitrogens with zero attached hydrogens (tertiary/aromatic N) is 1. The summed E-state index contributed by atoms with van der Waals surface area (Å²) in [4.78, 5) is 41.8. The molecule has 0 fully saturated rings. The van der Waals surface area contributed by atoms with Crippen molar-refractivity contribution in [2.45, 2.75) is 45.8 Å². The number of anilines is 1. The predicted octanol–water partition coefficient (Wildman–Crippen LogP) is 4.55. The van der Waals surface area contributed by atoms with Crippen LogP contribution in [0.1, 0.15) is 43.6 Å². The first-order valence-corrected chi connectivity index (χ1v) is 11.4. The molecule has 2 N–H and O–H groups in total. The standard InChI is InChI=1S/C24H27N3O5S/c1-5-31-21(29)16-11-12-17-19(14-16)33-22(25-17)27-20(28)18(13-15-9-7-6-8-10-15)26-23(30)32-24(2,3)4/h6-12,14,18H,5,13H2,1-4H3,(H,26,30)(H,25,27,28). The quantitative estimate of drug-likeness (QED) is 0.492. The molecule has 3 rings (SSSR count). The van der Waals surface area contributed by atoms with Gasteiger partial charge in [0.1, 0.15) is 11.6 Å². The van der Waals surface area contributed by atoms with Crippen molar-refractivity contribution in [1.82, 2.24) is 10.3 Å². The second-order valence-electron chi connectivity index (χ2n) is 8.30. The number of ether oxygens (including phenoxy) is 2. The van der Waals surface area contributed by atoms with Crippen molar-refractivity contribution < 1.29 is 23.9 Å². The number of alkyl carbamates (subject to hydrolysis) is 1. The zero-order valence-electron chi connectivity index (χ0n) is 19.0. The highest BCUT2D eigenvalue weighted by molar-refractivity contribution is 7.22. The van der Waals surface area contributed by atoms with Crippen molar-refractivity contribution in [2.24, 2.45) is 0 Å². The van der Waals surface area contributed by atoms with Crippen LogP contribution < -0.4 is 10.6 Å². The fourth-order valence-electron chi connectivity index (χ4n) is 3.02. The fraction of sp³-hybridized carbons (Fsp3) is 0.333. The Labute approximate surface area is 196 Å². The van der Waals surface area contributed by atoms with E-state index in [-0.39, 0.29) is 13.0 Å². The van der Waals surface area contributed by atoms with E-state index >= 15 is 0 Å². The lowest BCUT2D eigenvalue weighted by molar-refractivity contribution is -0.118. The minimum Gasteiger partial charge on any atom is -0.462 e. The number of fused-ring (bicyclic) bond motifs is 1. The first-order chi connectivity index (χ1) is 15.6. The summed E-state index contributed by atoms with van der Waals surface area (Å²) in [5, 5.41) is 5.79. The lowest BCUT2D eigenvalue weighted by Gasteiger charge is -2.23. The van der Waals surface area contributed by atoms with Crippen molar-refractivity contribution in [3.8, 4) is 0 Å². The van der Waals surface area contributed by atoms with Gasteiger partial charge in [-0.2, -0.15) is 0 Å². The van der Waals surface area contributed by atoms with Crippen LogP contribution in [0.4, 0.5) is 9.93 Å². The average molecular weight is 470 g/mol. The van der Waals surface area contributed by atoms with Gasteiger partial charge in [0.15, 0.2) is 5.13 Å². The first kappa shape index (κ1) is 24.2. The summed E-state index contributed by atoms with van der Waals surface area (Å²) in [6.45, 7) is 7.29. The third-order valence-electron chi connectivity index (χ3n) is 4.42. The average Bonchev–Trinajstić information content (AvgIpc) is 3.14. The molecule has 0 saturated carbocycles. The van der Waals surface area contributed by atoms with E-state index < -0.39 is 29.6 Å². The molecule has 0 spiro atoms. The highest BCUT2D eigenvalue weighted by Gasteiger charge is 2.25. The number of hydrogen-bond acceptors (Lipinski definition) is 7. The van der Waals surface area contributed by atoms with E-state index in [4.69, 9.17) is 9.47 Å². The van der Waals surface area contributed by atoms with Gasteiger partial charge in [0, 0.05) is 6.42 Å². The molecule has 1 aromatic heterocycles. The summed E-state index contributed by atoms with van der Waals surface area (Å²) in [5.74, 6) is -0.836. The normalized spacial score (nSPS) is 12.1. The Kier molecular flexibility index (Phi) is 7.65. The van der Waals surface area contributed by atoms with Crippen LogP contribution in [0.3, 0.4) is 0 Å². The van der Waals surface area contributed by atoms with Gasteiger partial charge in [-0.1, -0.05) is 41.7 Å². The molecule has 3 aromatic rings. The Balaban J connectivity index is 1.78. The third kappa shape index (κ3) is 7.01. The smallest absolute Gasteiger partial charge is 0.408 e. The molecule has 2 aromatic carbocycles. The number of benzene rings is 2. The van der Waals surface area contributed by atoms with Gasteiger partial charge in [-0.3, -0.25) is 4.79 Å². The van der Waals surface area contributed by atoms with Crippen LogP contribution in [0.5, 0.6) is 0 Å². The Morgan fingerprint density at radius 2 is 1.82 bits per heavy atom. The Morgan fingerprint density at radius 1 is 1.09 bits per heavy atom. The number of carbonyl (C=O) groups is 3. The maximum absolute atomic E-state index is 13.1. The van der Waals surface area contributed by atoms with Crippen LogP contribution in [0.15, 0.2) is 48.5 Å². The Hall–Kier alpha value is -3.46. The highest BCUT2D eigenvalue weighted by Crippen LogP contribution is 2.27. The van der Waals surface area contributed by atoms with Gasteiger partial charge in [0.25, 0.3) is 0 Å². The molecule has 1 atom stereocenters. The van der Waals surface area contributed by atoms with Crippen LogP contribution in [-0.2, 0) is 20.7 Å². The van der Waals surface area contributed by atoms with Gasteiger partial charge in [-0.25, -0.2) is 14.6 Å². The molecule has 0 radical (unpaired) electrons. The molecule has 0 aliphatic carbocycles. The summed E-state index contributed by atoms with van der Waals surface area (Å²) in [6, 6.07) is 13.5. The molecular formula is C24H27N3O5S. The second-order valence-corrected chi connectivity index (χ2v) is 9.33. The van der Waals surface area contributed by atoms with Crippen LogP contribution >= 0.6 is 11.3 Å². The minimum absolute atomic E-state index is 0.282. The molecular weight excluding hydrogens is 442 g/mol. The lowest BCUT2D eigenvalue weighted by atomic mass is 10.1. The Bertz CT molecular complexity index is 1140.